The number of aryl methyl sites for hydroxylation is 1. The Hall–Kier alpha value is -3.59. The molecule has 0 radical (unpaired) electrons. The predicted molar refractivity (Wildman–Crippen MR) is 110 cm³/mol. The van der Waals surface area contributed by atoms with Crippen molar-refractivity contribution in [1.82, 2.24) is 0 Å². The molecule has 3 rings (SSSR count). The number of hydrogen-bond donors (Lipinski definition) is 4. The molecule has 0 aliphatic heterocycles. The maximum Gasteiger partial charge on any atom is 0.339 e. The number of benzene rings is 2. The molecule has 0 spiro atoms. The van der Waals surface area contributed by atoms with Gasteiger partial charge in [0.05, 0.1) is 5.69 Å². The van der Waals surface area contributed by atoms with Crippen molar-refractivity contribution in [1.29, 1.82) is 5.41 Å². The average Bonchev–Trinajstić information content (AvgIpc) is 3.08. The summed E-state index contributed by atoms with van der Waals surface area (Å²) in [6, 6.07) is 7.75. The van der Waals surface area contributed by atoms with Gasteiger partial charge in [0, 0.05) is 33.8 Å². The fourth-order valence-electron chi connectivity index (χ4n) is 2.48. The molecular formula is C20H17F2N3O3S. The number of aromatic carboxylic acids is 1. The van der Waals surface area contributed by atoms with E-state index in [-0.39, 0.29) is 27.3 Å². The number of nitrogens with one attached hydrogen (secondary N) is 1. The first-order chi connectivity index (χ1) is 13.7. The Balaban J connectivity index is 0.000000234. The van der Waals surface area contributed by atoms with Crippen LogP contribution in [-0.2, 0) is 0 Å². The molecule has 3 aromatic rings. The highest BCUT2D eigenvalue weighted by Gasteiger charge is 2.22. The van der Waals surface area contributed by atoms with Gasteiger partial charge in [0.1, 0.15) is 10.6 Å². The third-order valence-electron chi connectivity index (χ3n) is 4.05. The molecule has 0 bridgehead atoms. The third-order valence-corrected chi connectivity index (χ3v) is 4.87. The van der Waals surface area contributed by atoms with E-state index in [1.54, 1.807) is 18.2 Å². The lowest BCUT2D eigenvalue weighted by Crippen LogP contribution is -2.02. The van der Waals surface area contributed by atoms with Gasteiger partial charge in [0.25, 0.3) is 0 Å². The molecule has 150 valence electrons. The first kappa shape index (κ1) is 21.7. The SMILES string of the molecule is Cc1ccc(-c2csc(N)c2C(=O)O)c(F)c1F.N=Cc1cccc(C=O)c1N. The van der Waals surface area contributed by atoms with Crippen LogP contribution in [-0.4, -0.2) is 23.6 Å². The van der Waals surface area contributed by atoms with Crippen LogP contribution in [0.4, 0.5) is 19.5 Å². The van der Waals surface area contributed by atoms with Crippen LogP contribution in [0.3, 0.4) is 0 Å². The number of carboxylic acids is 1. The molecule has 0 fully saturated rings. The van der Waals surface area contributed by atoms with Crippen LogP contribution in [0, 0.1) is 24.0 Å². The van der Waals surface area contributed by atoms with Gasteiger partial charge in [-0.25, -0.2) is 13.6 Å². The first-order valence-corrected chi connectivity index (χ1v) is 9.00. The number of hydrogen-bond acceptors (Lipinski definition) is 6. The Bertz CT molecular complexity index is 1070. The maximum atomic E-state index is 13.8. The summed E-state index contributed by atoms with van der Waals surface area (Å²) in [6.45, 7) is 1.43. The molecule has 6 nitrogen and oxygen atoms in total. The zero-order valence-electron chi connectivity index (χ0n) is 15.2. The summed E-state index contributed by atoms with van der Waals surface area (Å²) in [6.07, 6.45) is 1.81. The Morgan fingerprint density at radius 1 is 1.10 bits per heavy atom. The van der Waals surface area contributed by atoms with Gasteiger partial charge in [-0.2, -0.15) is 0 Å². The van der Waals surface area contributed by atoms with E-state index in [1.807, 2.05) is 0 Å². The largest absolute Gasteiger partial charge is 0.478 e. The molecule has 0 unspecified atom stereocenters. The minimum absolute atomic E-state index is 0.0675. The highest BCUT2D eigenvalue weighted by Crippen LogP contribution is 2.36. The molecule has 1 heterocycles. The second-order valence-corrected chi connectivity index (χ2v) is 6.78. The standard InChI is InChI=1S/C12H9F2NO2S.C8H8N2O/c1-5-2-3-6(10(14)9(5)13)7-4-18-11(15)8(7)12(16)17;9-4-6-2-1-3-7(5-11)8(6)10/h2-4H,15H2,1H3,(H,16,17);1-5,9H,10H2. The monoisotopic (exact) mass is 417 g/mol. The van der Waals surface area contributed by atoms with Crippen molar-refractivity contribution in [3.8, 4) is 11.1 Å². The van der Waals surface area contributed by atoms with Crippen molar-refractivity contribution in [2.45, 2.75) is 6.92 Å². The van der Waals surface area contributed by atoms with Gasteiger partial charge < -0.3 is 22.0 Å². The lowest BCUT2D eigenvalue weighted by molar-refractivity contribution is 0.0699. The van der Waals surface area contributed by atoms with E-state index in [4.69, 9.17) is 22.0 Å². The summed E-state index contributed by atoms with van der Waals surface area (Å²) in [5.74, 6) is -3.30. The topological polar surface area (TPSA) is 130 Å². The van der Waals surface area contributed by atoms with Gasteiger partial charge in [-0.3, -0.25) is 4.79 Å². The fraction of sp³-hybridized carbons (Fsp3) is 0.0500. The van der Waals surface area contributed by atoms with E-state index in [9.17, 15) is 18.4 Å². The van der Waals surface area contributed by atoms with Gasteiger partial charge in [-0.05, 0) is 18.6 Å². The summed E-state index contributed by atoms with van der Waals surface area (Å²) in [4.78, 5) is 21.4. The number of nitrogen functional groups attached to an aromatic ring is 2. The first-order valence-electron chi connectivity index (χ1n) is 8.12. The van der Waals surface area contributed by atoms with Gasteiger partial charge in [-0.1, -0.05) is 24.3 Å². The lowest BCUT2D eigenvalue weighted by atomic mass is 10.0. The van der Waals surface area contributed by atoms with E-state index in [0.717, 1.165) is 17.6 Å². The number of para-hydroxylation sites is 1. The molecule has 2 aromatic carbocycles. The Labute approximate surface area is 168 Å². The molecule has 0 saturated heterocycles. The van der Waals surface area contributed by atoms with Gasteiger partial charge in [-0.15, -0.1) is 11.3 Å². The molecule has 1 aromatic heterocycles. The van der Waals surface area contributed by atoms with Crippen molar-refractivity contribution in [2.24, 2.45) is 0 Å². The van der Waals surface area contributed by atoms with E-state index in [0.29, 0.717) is 23.1 Å². The average molecular weight is 417 g/mol. The van der Waals surface area contributed by atoms with Gasteiger partial charge in [0.15, 0.2) is 17.9 Å². The third kappa shape index (κ3) is 4.46. The van der Waals surface area contributed by atoms with Crippen LogP contribution in [0.5, 0.6) is 0 Å². The summed E-state index contributed by atoms with van der Waals surface area (Å²) >= 11 is 0.981. The van der Waals surface area contributed by atoms with Crippen LogP contribution >= 0.6 is 11.3 Å². The van der Waals surface area contributed by atoms with E-state index >= 15 is 0 Å². The molecule has 9 heteroatoms. The van der Waals surface area contributed by atoms with Crippen LogP contribution in [0.1, 0.15) is 31.8 Å². The second-order valence-electron chi connectivity index (χ2n) is 5.86. The van der Waals surface area contributed by atoms with Crippen LogP contribution in [0.15, 0.2) is 35.7 Å². The van der Waals surface area contributed by atoms with Crippen molar-refractivity contribution in [2.75, 3.05) is 11.5 Å². The smallest absolute Gasteiger partial charge is 0.339 e. The number of carbonyl (C=O) groups is 2. The molecule has 6 N–H and O–H groups in total. The summed E-state index contributed by atoms with van der Waals surface area (Å²) < 4.78 is 27.3. The summed E-state index contributed by atoms with van der Waals surface area (Å²) in [7, 11) is 0. The molecule has 0 atom stereocenters. The minimum Gasteiger partial charge on any atom is -0.478 e. The number of anilines is 2. The van der Waals surface area contributed by atoms with E-state index in [2.05, 4.69) is 0 Å². The van der Waals surface area contributed by atoms with Crippen molar-refractivity contribution >= 4 is 40.5 Å². The Morgan fingerprint density at radius 3 is 2.34 bits per heavy atom. The van der Waals surface area contributed by atoms with Crippen LogP contribution in [0.25, 0.3) is 11.1 Å². The van der Waals surface area contributed by atoms with Crippen molar-refractivity contribution in [3.05, 3.63) is 69.6 Å². The number of rotatable bonds is 4. The van der Waals surface area contributed by atoms with Crippen LogP contribution in [0.2, 0.25) is 0 Å². The molecular weight excluding hydrogens is 400 g/mol. The van der Waals surface area contributed by atoms with Gasteiger partial charge in [0.2, 0.25) is 0 Å². The zero-order valence-corrected chi connectivity index (χ0v) is 16.0. The summed E-state index contributed by atoms with van der Waals surface area (Å²) in [5.41, 5.74) is 12.4. The lowest BCUT2D eigenvalue weighted by Gasteiger charge is -2.06. The molecule has 0 aliphatic rings. The highest BCUT2D eigenvalue weighted by molar-refractivity contribution is 7.14. The second kappa shape index (κ2) is 9.07. The minimum atomic E-state index is -1.26. The number of thiophene rings is 1. The summed E-state index contributed by atoms with van der Waals surface area (Å²) in [5, 5.41) is 17.4. The molecule has 29 heavy (non-hydrogen) atoms. The molecule has 0 amide bonds. The number of aldehydes is 1. The number of carboxylic acid groups (broad SMARTS) is 1. The predicted octanol–water partition coefficient (Wildman–Crippen LogP) is 4.36. The fourth-order valence-corrected chi connectivity index (χ4v) is 3.28. The molecule has 0 aliphatic carbocycles. The quantitative estimate of drug-likeness (QED) is 0.285. The zero-order chi connectivity index (χ0) is 21.7. The molecule has 0 saturated carbocycles. The van der Waals surface area contributed by atoms with Crippen LogP contribution < -0.4 is 11.5 Å². The number of halogens is 2. The number of nitrogens with two attached hydrogens (primary N) is 2. The highest BCUT2D eigenvalue weighted by atomic mass is 32.1. The van der Waals surface area contributed by atoms with Crippen molar-refractivity contribution < 1.29 is 23.5 Å². The normalized spacial score (nSPS) is 10.0. The number of carbonyl (C=O) groups excluding carboxylic acids is 1. The van der Waals surface area contributed by atoms with E-state index in [1.165, 1.54) is 24.4 Å². The Kier molecular flexibility index (Phi) is 6.79. The van der Waals surface area contributed by atoms with Crippen molar-refractivity contribution in [3.63, 3.8) is 0 Å². The Morgan fingerprint density at radius 2 is 1.76 bits per heavy atom. The van der Waals surface area contributed by atoms with Gasteiger partial charge >= 0.3 is 5.97 Å². The van der Waals surface area contributed by atoms with E-state index < -0.39 is 17.6 Å². The maximum absolute atomic E-state index is 13.8.